The first-order chi connectivity index (χ1) is 14.5. The monoisotopic (exact) mass is 426 g/mol. The lowest BCUT2D eigenvalue weighted by Gasteiger charge is -2.26. The van der Waals surface area contributed by atoms with Gasteiger partial charge in [0.25, 0.3) is 5.91 Å². The van der Waals surface area contributed by atoms with E-state index in [9.17, 15) is 14.0 Å². The number of amides is 2. The summed E-state index contributed by atoms with van der Waals surface area (Å²) < 4.78 is 18.9. The summed E-state index contributed by atoms with van der Waals surface area (Å²) >= 11 is 1.33. The fourth-order valence-electron chi connectivity index (χ4n) is 3.00. The van der Waals surface area contributed by atoms with Crippen molar-refractivity contribution in [1.82, 2.24) is 9.80 Å². The van der Waals surface area contributed by atoms with Crippen LogP contribution in [-0.2, 0) is 17.9 Å². The van der Waals surface area contributed by atoms with Gasteiger partial charge >= 0.3 is 0 Å². The Bertz CT molecular complexity index is 996. The van der Waals surface area contributed by atoms with Crippen molar-refractivity contribution in [3.05, 3.63) is 94.3 Å². The Labute approximate surface area is 179 Å². The molecule has 0 aliphatic heterocycles. The average molecular weight is 427 g/mol. The lowest BCUT2D eigenvalue weighted by atomic mass is 10.2. The Kier molecular flexibility index (Phi) is 7.19. The Morgan fingerprint density at radius 1 is 1.10 bits per heavy atom. The van der Waals surface area contributed by atoms with Crippen LogP contribution in [0.15, 0.2) is 71.0 Å². The summed E-state index contributed by atoms with van der Waals surface area (Å²) in [7, 11) is 0. The van der Waals surface area contributed by atoms with Crippen molar-refractivity contribution >= 4 is 23.2 Å². The lowest BCUT2D eigenvalue weighted by Crippen LogP contribution is -2.42. The fraction of sp³-hybridized carbons (Fsp3) is 0.217. The van der Waals surface area contributed by atoms with Crippen molar-refractivity contribution in [3.8, 4) is 0 Å². The number of hydrogen-bond acceptors (Lipinski definition) is 4. The van der Waals surface area contributed by atoms with E-state index in [1.165, 1.54) is 28.4 Å². The number of carbonyl (C=O) groups excluding carboxylic acids is 2. The third kappa shape index (κ3) is 5.67. The van der Waals surface area contributed by atoms with E-state index < -0.39 is 0 Å². The van der Waals surface area contributed by atoms with Crippen LogP contribution in [0.3, 0.4) is 0 Å². The van der Waals surface area contributed by atoms with E-state index in [0.29, 0.717) is 10.6 Å². The van der Waals surface area contributed by atoms with Gasteiger partial charge in [0.1, 0.15) is 23.9 Å². The molecule has 2 heterocycles. The highest BCUT2D eigenvalue weighted by Gasteiger charge is 2.23. The van der Waals surface area contributed by atoms with Crippen molar-refractivity contribution in [2.75, 3.05) is 13.1 Å². The molecule has 2 amide bonds. The maximum absolute atomic E-state index is 13.3. The smallest absolute Gasteiger partial charge is 0.264 e. The molecule has 30 heavy (non-hydrogen) atoms. The SMILES string of the molecule is C=CCN(CC(=O)N(Cc1ccc(F)cc1)Cc1ccc(C)o1)C(=O)c1cccs1. The number of nitrogens with zero attached hydrogens (tertiary/aromatic N) is 2. The molecule has 2 aromatic heterocycles. The molecule has 0 saturated carbocycles. The highest BCUT2D eigenvalue weighted by Crippen LogP contribution is 2.16. The summed E-state index contributed by atoms with van der Waals surface area (Å²) in [6.45, 7) is 6.22. The molecule has 156 valence electrons. The molecule has 0 radical (unpaired) electrons. The van der Waals surface area contributed by atoms with Gasteiger partial charge in [-0.05, 0) is 48.2 Å². The van der Waals surface area contributed by atoms with Gasteiger partial charge in [-0.3, -0.25) is 9.59 Å². The van der Waals surface area contributed by atoms with Crippen LogP contribution in [-0.4, -0.2) is 34.7 Å². The van der Waals surface area contributed by atoms with E-state index in [-0.39, 0.29) is 43.8 Å². The molecule has 0 N–H and O–H groups in total. The van der Waals surface area contributed by atoms with Crippen LogP contribution >= 0.6 is 11.3 Å². The summed E-state index contributed by atoms with van der Waals surface area (Å²) in [6, 6.07) is 13.2. The van der Waals surface area contributed by atoms with Crippen LogP contribution in [0.25, 0.3) is 0 Å². The van der Waals surface area contributed by atoms with Crippen molar-refractivity contribution in [2.45, 2.75) is 20.0 Å². The zero-order chi connectivity index (χ0) is 21.5. The highest BCUT2D eigenvalue weighted by molar-refractivity contribution is 7.12. The second kappa shape index (κ2) is 10.0. The van der Waals surface area contributed by atoms with Crippen LogP contribution in [0.4, 0.5) is 4.39 Å². The predicted octanol–water partition coefficient (Wildman–Crippen LogP) is 4.65. The molecule has 1 aromatic carbocycles. The molecular formula is C23H23FN2O3S. The molecule has 0 spiro atoms. The number of thiophene rings is 1. The summed E-state index contributed by atoms with van der Waals surface area (Å²) in [6.07, 6.45) is 1.60. The van der Waals surface area contributed by atoms with Gasteiger partial charge in [-0.2, -0.15) is 0 Å². The molecule has 3 rings (SSSR count). The van der Waals surface area contributed by atoms with Gasteiger partial charge < -0.3 is 14.2 Å². The van der Waals surface area contributed by atoms with Gasteiger partial charge in [-0.25, -0.2) is 4.39 Å². The van der Waals surface area contributed by atoms with Gasteiger partial charge in [0, 0.05) is 13.1 Å². The standard InChI is InChI=1S/C23H23FN2O3S/c1-3-12-25(23(28)21-5-4-13-30-21)16-22(27)26(15-20-11-6-17(2)29-20)14-18-7-9-19(24)10-8-18/h3-11,13H,1,12,14-16H2,2H3. The predicted molar refractivity (Wildman–Crippen MR) is 115 cm³/mol. The normalized spacial score (nSPS) is 10.6. The first-order valence-electron chi connectivity index (χ1n) is 9.47. The molecule has 0 atom stereocenters. The van der Waals surface area contributed by atoms with Gasteiger partial charge in [0.2, 0.25) is 5.91 Å². The Balaban J connectivity index is 1.79. The summed E-state index contributed by atoms with van der Waals surface area (Å²) in [5.41, 5.74) is 0.785. The van der Waals surface area contributed by atoms with Gasteiger partial charge in [-0.15, -0.1) is 17.9 Å². The molecule has 0 aliphatic rings. The van der Waals surface area contributed by atoms with Crippen LogP contribution < -0.4 is 0 Å². The second-order valence-corrected chi connectivity index (χ2v) is 7.79. The maximum Gasteiger partial charge on any atom is 0.264 e. The van der Waals surface area contributed by atoms with E-state index in [2.05, 4.69) is 6.58 Å². The number of furan rings is 1. The molecule has 3 aromatic rings. The summed E-state index contributed by atoms with van der Waals surface area (Å²) in [5.74, 6) is 0.606. The van der Waals surface area contributed by atoms with Crippen molar-refractivity contribution < 1.29 is 18.4 Å². The number of rotatable bonds is 9. The topological polar surface area (TPSA) is 53.8 Å². The minimum absolute atomic E-state index is 0.0936. The maximum atomic E-state index is 13.3. The largest absolute Gasteiger partial charge is 0.464 e. The minimum Gasteiger partial charge on any atom is -0.464 e. The van der Waals surface area contributed by atoms with Crippen LogP contribution in [0.2, 0.25) is 0 Å². The Morgan fingerprint density at radius 3 is 2.47 bits per heavy atom. The van der Waals surface area contributed by atoms with Crippen molar-refractivity contribution in [2.24, 2.45) is 0 Å². The van der Waals surface area contributed by atoms with Gasteiger partial charge in [-0.1, -0.05) is 24.3 Å². The van der Waals surface area contributed by atoms with E-state index in [1.54, 1.807) is 35.2 Å². The lowest BCUT2D eigenvalue weighted by molar-refractivity contribution is -0.133. The molecule has 0 aliphatic carbocycles. The van der Waals surface area contributed by atoms with Crippen molar-refractivity contribution in [3.63, 3.8) is 0 Å². The van der Waals surface area contributed by atoms with Gasteiger partial charge in [0.05, 0.1) is 11.4 Å². The number of hydrogen-bond donors (Lipinski definition) is 0. The van der Waals surface area contributed by atoms with E-state index >= 15 is 0 Å². The zero-order valence-electron chi connectivity index (χ0n) is 16.7. The van der Waals surface area contributed by atoms with Crippen LogP contribution in [0, 0.1) is 12.7 Å². The Morgan fingerprint density at radius 2 is 1.87 bits per heavy atom. The first-order valence-corrected chi connectivity index (χ1v) is 10.4. The number of halogens is 1. The highest BCUT2D eigenvalue weighted by atomic mass is 32.1. The van der Waals surface area contributed by atoms with Gasteiger partial charge in [0.15, 0.2) is 0 Å². The molecule has 0 fully saturated rings. The van der Waals surface area contributed by atoms with Crippen LogP contribution in [0.5, 0.6) is 0 Å². The average Bonchev–Trinajstić information content (AvgIpc) is 3.40. The minimum atomic E-state index is -0.336. The third-order valence-electron chi connectivity index (χ3n) is 4.48. The summed E-state index contributed by atoms with van der Waals surface area (Å²) in [5, 5.41) is 1.82. The molecule has 5 nitrogen and oxygen atoms in total. The van der Waals surface area contributed by atoms with Crippen LogP contribution in [0.1, 0.15) is 26.8 Å². The first kappa shape index (κ1) is 21.5. The van der Waals surface area contributed by atoms with Crippen molar-refractivity contribution in [1.29, 1.82) is 0 Å². The number of carbonyl (C=O) groups is 2. The number of aryl methyl sites for hydroxylation is 1. The van der Waals surface area contributed by atoms with E-state index in [0.717, 1.165) is 11.3 Å². The zero-order valence-corrected chi connectivity index (χ0v) is 17.5. The molecule has 0 bridgehead atoms. The van der Waals surface area contributed by atoms with E-state index in [4.69, 9.17) is 4.42 Å². The Hall–Kier alpha value is -3.19. The summed E-state index contributed by atoms with van der Waals surface area (Å²) in [4.78, 5) is 29.6. The van der Waals surface area contributed by atoms with E-state index in [1.807, 2.05) is 24.4 Å². The third-order valence-corrected chi connectivity index (χ3v) is 5.33. The molecule has 0 unspecified atom stereocenters. The molecular weight excluding hydrogens is 403 g/mol. The number of benzene rings is 1. The fourth-order valence-corrected chi connectivity index (χ4v) is 3.69. The quantitative estimate of drug-likeness (QED) is 0.468. The molecule has 0 saturated heterocycles. The molecule has 7 heteroatoms. The second-order valence-electron chi connectivity index (χ2n) is 6.84.